The molecular weight excluding hydrogens is 358 g/mol. The van der Waals surface area contributed by atoms with Crippen molar-refractivity contribution in [3.63, 3.8) is 0 Å². The van der Waals surface area contributed by atoms with E-state index in [0.29, 0.717) is 29.1 Å². The van der Waals surface area contributed by atoms with Crippen molar-refractivity contribution in [1.29, 1.82) is 0 Å². The Morgan fingerprint density at radius 2 is 1.96 bits per heavy atom. The van der Waals surface area contributed by atoms with Gasteiger partial charge in [-0.3, -0.25) is 0 Å². The lowest BCUT2D eigenvalue weighted by molar-refractivity contribution is 0.497. The molecule has 0 saturated carbocycles. The highest BCUT2D eigenvalue weighted by Gasteiger charge is 2.10. The van der Waals surface area contributed by atoms with Crippen molar-refractivity contribution >= 4 is 33.8 Å². The number of anilines is 3. The number of allylic oxidation sites excluding steroid dienone is 3. The number of rotatable bonds is 7. The van der Waals surface area contributed by atoms with E-state index in [-0.39, 0.29) is 5.83 Å². The minimum Gasteiger partial charge on any atom is -0.372 e. The second kappa shape index (κ2) is 8.61. The van der Waals surface area contributed by atoms with E-state index >= 15 is 0 Å². The SMILES string of the molecule is C=C/C(=C(\C)F)c1cccc2cnc(Nc3ccc(N(C)CCF)cc3)nc12. The molecule has 0 amide bonds. The summed E-state index contributed by atoms with van der Waals surface area (Å²) < 4.78 is 26.4. The fraction of sp³-hybridized carbons (Fsp3) is 0.182. The molecule has 144 valence electrons. The van der Waals surface area contributed by atoms with Crippen molar-refractivity contribution < 1.29 is 8.78 Å². The number of alkyl halides is 1. The molecule has 0 bridgehead atoms. The molecule has 0 atom stereocenters. The van der Waals surface area contributed by atoms with Crippen molar-refractivity contribution in [2.75, 3.05) is 30.5 Å². The fourth-order valence-electron chi connectivity index (χ4n) is 2.95. The van der Waals surface area contributed by atoms with Gasteiger partial charge in [0.15, 0.2) is 0 Å². The van der Waals surface area contributed by atoms with E-state index in [4.69, 9.17) is 0 Å². The van der Waals surface area contributed by atoms with Crippen LogP contribution in [-0.2, 0) is 0 Å². The van der Waals surface area contributed by atoms with E-state index in [9.17, 15) is 8.78 Å². The Hall–Kier alpha value is -3.28. The molecule has 0 saturated heterocycles. The molecule has 0 fully saturated rings. The quantitative estimate of drug-likeness (QED) is 0.537. The third kappa shape index (κ3) is 4.17. The van der Waals surface area contributed by atoms with Gasteiger partial charge in [-0.05, 0) is 31.2 Å². The van der Waals surface area contributed by atoms with Gasteiger partial charge in [0.2, 0.25) is 5.95 Å². The van der Waals surface area contributed by atoms with Gasteiger partial charge in [-0.2, -0.15) is 0 Å². The van der Waals surface area contributed by atoms with Crippen molar-refractivity contribution in [1.82, 2.24) is 9.97 Å². The molecule has 28 heavy (non-hydrogen) atoms. The lowest BCUT2D eigenvalue weighted by Crippen LogP contribution is -2.19. The maximum atomic E-state index is 13.9. The maximum absolute atomic E-state index is 13.9. The summed E-state index contributed by atoms with van der Waals surface area (Å²) in [5, 5.41) is 3.97. The van der Waals surface area contributed by atoms with E-state index in [1.807, 2.05) is 54.4 Å². The van der Waals surface area contributed by atoms with Crippen LogP contribution >= 0.6 is 0 Å². The summed E-state index contributed by atoms with van der Waals surface area (Å²) >= 11 is 0. The zero-order chi connectivity index (χ0) is 20.1. The average Bonchev–Trinajstić information content (AvgIpc) is 2.69. The Kier molecular flexibility index (Phi) is 5.99. The summed E-state index contributed by atoms with van der Waals surface area (Å²) in [4.78, 5) is 10.8. The van der Waals surface area contributed by atoms with Crippen LogP contribution in [0.3, 0.4) is 0 Å². The van der Waals surface area contributed by atoms with Crippen LogP contribution in [0.1, 0.15) is 12.5 Å². The normalized spacial score (nSPS) is 11.9. The summed E-state index contributed by atoms with van der Waals surface area (Å²) in [6.07, 6.45) is 3.19. The Balaban J connectivity index is 1.92. The van der Waals surface area contributed by atoms with Gasteiger partial charge in [0.1, 0.15) is 12.5 Å². The summed E-state index contributed by atoms with van der Waals surface area (Å²) in [7, 11) is 1.84. The molecule has 3 rings (SSSR count). The van der Waals surface area contributed by atoms with Crippen molar-refractivity contribution in [3.8, 4) is 0 Å². The Labute approximate surface area is 163 Å². The van der Waals surface area contributed by atoms with Crippen LogP contribution in [0.4, 0.5) is 26.1 Å². The number of para-hydroxylation sites is 1. The molecule has 0 aliphatic heterocycles. The largest absolute Gasteiger partial charge is 0.372 e. The number of nitrogens with zero attached hydrogens (tertiary/aromatic N) is 3. The van der Waals surface area contributed by atoms with Gasteiger partial charge >= 0.3 is 0 Å². The van der Waals surface area contributed by atoms with Gasteiger partial charge < -0.3 is 10.2 Å². The third-order valence-electron chi connectivity index (χ3n) is 4.46. The molecule has 1 heterocycles. The average molecular weight is 380 g/mol. The Morgan fingerprint density at radius 1 is 1.21 bits per heavy atom. The van der Waals surface area contributed by atoms with Crippen molar-refractivity contribution in [2.45, 2.75) is 6.92 Å². The molecule has 2 aromatic carbocycles. The standard InChI is InChI=1S/C22H22F2N4/c1-4-19(15(2)24)20-7-5-6-16-14-25-22(27-21(16)20)26-17-8-10-18(11-9-17)28(3)13-12-23/h4-11,14H,1,12-13H2,2-3H3,(H,25,26,27)/b19-15-. The minimum absolute atomic E-state index is 0.316. The van der Waals surface area contributed by atoms with Gasteiger partial charge in [-0.1, -0.05) is 30.9 Å². The lowest BCUT2D eigenvalue weighted by Gasteiger charge is -2.17. The first kappa shape index (κ1) is 19.5. The zero-order valence-corrected chi connectivity index (χ0v) is 15.9. The number of benzene rings is 2. The highest BCUT2D eigenvalue weighted by molar-refractivity contribution is 5.94. The molecule has 6 heteroatoms. The van der Waals surface area contributed by atoms with Gasteiger partial charge in [-0.25, -0.2) is 18.7 Å². The smallest absolute Gasteiger partial charge is 0.227 e. The monoisotopic (exact) mass is 380 g/mol. The van der Waals surface area contributed by atoms with Gasteiger partial charge in [0.05, 0.1) is 5.52 Å². The first-order valence-corrected chi connectivity index (χ1v) is 8.92. The summed E-state index contributed by atoms with van der Waals surface area (Å²) in [5.41, 5.74) is 3.45. The highest BCUT2D eigenvalue weighted by Crippen LogP contribution is 2.28. The number of fused-ring (bicyclic) bond motifs is 1. The van der Waals surface area contributed by atoms with Crippen LogP contribution < -0.4 is 10.2 Å². The van der Waals surface area contributed by atoms with Crippen LogP contribution in [0.25, 0.3) is 16.5 Å². The molecule has 0 spiro atoms. The molecule has 4 nitrogen and oxygen atoms in total. The second-order valence-corrected chi connectivity index (χ2v) is 6.37. The molecule has 3 aromatic rings. The molecular formula is C22H22F2N4. The number of hydrogen-bond acceptors (Lipinski definition) is 4. The molecule has 1 aromatic heterocycles. The summed E-state index contributed by atoms with van der Waals surface area (Å²) in [5.74, 6) is 0.0911. The Morgan fingerprint density at radius 3 is 2.61 bits per heavy atom. The number of nitrogens with one attached hydrogen (secondary N) is 1. The number of hydrogen-bond donors (Lipinski definition) is 1. The highest BCUT2D eigenvalue weighted by atomic mass is 19.1. The topological polar surface area (TPSA) is 41.1 Å². The van der Waals surface area contributed by atoms with Crippen LogP contribution in [-0.4, -0.2) is 30.2 Å². The number of halogens is 2. The predicted molar refractivity (Wildman–Crippen MR) is 112 cm³/mol. The van der Waals surface area contributed by atoms with Crippen molar-refractivity contribution in [3.05, 3.63) is 72.7 Å². The first-order chi connectivity index (χ1) is 13.5. The summed E-state index contributed by atoms with van der Waals surface area (Å²) in [6, 6.07) is 13.1. The van der Waals surface area contributed by atoms with Gasteiger partial charge in [0.25, 0.3) is 0 Å². The van der Waals surface area contributed by atoms with Gasteiger partial charge in [-0.15, -0.1) is 0 Å². The summed E-state index contributed by atoms with van der Waals surface area (Å²) in [6.45, 7) is 5.05. The van der Waals surface area contributed by atoms with E-state index in [2.05, 4.69) is 21.9 Å². The lowest BCUT2D eigenvalue weighted by atomic mass is 10.0. The van der Waals surface area contributed by atoms with Gasteiger partial charge in [0, 0.05) is 47.7 Å². The molecule has 1 N–H and O–H groups in total. The van der Waals surface area contributed by atoms with E-state index in [1.54, 1.807) is 6.20 Å². The first-order valence-electron chi connectivity index (χ1n) is 8.92. The van der Waals surface area contributed by atoms with Crippen LogP contribution in [0.15, 0.2) is 67.1 Å². The van der Waals surface area contributed by atoms with Crippen LogP contribution in [0.2, 0.25) is 0 Å². The van der Waals surface area contributed by atoms with E-state index < -0.39 is 6.67 Å². The zero-order valence-electron chi connectivity index (χ0n) is 15.9. The molecule has 0 aliphatic rings. The maximum Gasteiger partial charge on any atom is 0.227 e. The second-order valence-electron chi connectivity index (χ2n) is 6.37. The molecule has 0 radical (unpaired) electrons. The van der Waals surface area contributed by atoms with E-state index in [1.165, 1.54) is 13.0 Å². The fourth-order valence-corrected chi connectivity index (χ4v) is 2.95. The number of aromatic nitrogens is 2. The van der Waals surface area contributed by atoms with Crippen molar-refractivity contribution in [2.24, 2.45) is 0 Å². The molecule has 0 unspecified atom stereocenters. The Bertz CT molecular complexity index is 1010. The third-order valence-corrected chi connectivity index (χ3v) is 4.46. The molecule has 0 aliphatic carbocycles. The van der Waals surface area contributed by atoms with E-state index in [0.717, 1.165) is 16.8 Å². The van der Waals surface area contributed by atoms with Crippen LogP contribution in [0, 0.1) is 0 Å². The van der Waals surface area contributed by atoms with Crippen LogP contribution in [0.5, 0.6) is 0 Å². The predicted octanol–water partition coefficient (Wildman–Crippen LogP) is 5.67. The minimum atomic E-state index is -0.400.